The molecule has 0 aliphatic heterocycles. The van der Waals surface area contributed by atoms with E-state index in [4.69, 9.17) is 0 Å². The highest BCUT2D eigenvalue weighted by molar-refractivity contribution is 7.92. The molecule has 0 amide bonds. The molecule has 1 aromatic heterocycles. The molecule has 3 rings (SSSR count). The summed E-state index contributed by atoms with van der Waals surface area (Å²) >= 11 is 0. The van der Waals surface area contributed by atoms with E-state index in [1.165, 1.54) is 24.3 Å². The zero-order valence-corrected chi connectivity index (χ0v) is 20.7. The van der Waals surface area contributed by atoms with Crippen LogP contribution < -0.4 is 9.62 Å². The standard InChI is InChI=1S/C24H29FN4O4S/c1-6-29-17(4)20(16(3)26-29)11-12-28(5)22-10-9-19(14-21(22)24(30)31)27-34(32,33)23-13-18(25)8-7-15(23)2/h7-10,13-14,27H,6,11-12H2,1-5H3,(H,30,31). The van der Waals surface area contributed by atoms with Crippen molar-refractivity contribution in [2.45, 2.75) is 45.6 Å². The number of aromatic nitrogens is 2. The van der Waals surface area contributed by atoms with E-state index in [-0.39, 0.29) is 16.1 Å². The summed E-state index contributed by atoms with van der Waals surface area (Å²) in [5.41, 5.74) is 4.02. The molecule has 0 aliphatic rings. The Morgan fingerprint density at radius 2 is 1.88 bits per heavy atom. The number of hydrogen-bond acceptors (Lipinski definition) is 5. The number of aryl methyl sites for hydroxylation is 3. The van der Waals surface area contributed by atoms with Crippen LogP contribution in [0.25, 0.3) is 0 Å². The quantitative estimate of drug-likeness (QED) is 0.469. The van der Waals surface area contributed by atoms with Gasteiger partial charge in [0.1, 0.15) is 5.82 Å². The maximum Gasteiger partial charge on any atom is 0.337 e. The highest BCUT2D eigenvalue weighted by atomic mass is 32.2. The van der Waals surface area contributed by atoms with Crippen molar-refractivity contribution in [2.75, 3.05) is 23.2 Å². The average Bonchev–Trinajstić information content (AvgIpc) is 3.05. The van der Waals surface area contributed by atoms with E-state index in [0.717, 1.165) is 29.6 Å². The van der Waals surface area contributed by atoms with E-state index in [2.05, 4.69) is 9.82 Å². The normalized spacial score (nSPS) is 11.5. The van der Waals surface area contributed by atoms with Gasteiger partial charge in [-0.15, -0.1) is 0 Å². The molecule has 3 aromatic rings. The summed E-state index contributed by atoms with van der Waals surface area (Å²) in [7, 11) is -2.32. The summed E-state index contributed by atoms with van der Waals surface area (Å²) in [5.74, 6) is -1.86. The van der Waals surface area contributed by atoms with Crippen LogP contribution in [0.4, 0.5) is 15.8 Å². The van der Waals surface area contributed by atoms with Gasteiger partial charge in [-0.25, -0.2) is 17.6 Å². The Labute approximate surface area is 199 Å². The smallest absolute Gasteiger partial charge is 0.337 e. The van der Waals surface area contributed by atoms with Crippen molar-refractivity contribution in [1.82, 2.24) is 9.78 Å². The third-order valence-electron chi connectivity index (χ3n) is 5.86. The number of carboxylic acid groups (broad SMARTS) is 1. The molecule has 0 saturated carbocycles. The van der Waals surface area contributed by atoms with Crippen molar-refractivity contribution >= 4 is 27.4 Å². The van der Waals surface area contributed by atoms with Crippen molar-refractivity contribution in [1.29, 1.82) is 0 Å². The van der Waals surface area contributed by atoms with Crippen molar-refractivity contribution in [3.63, 3.8) is 0 Å². The fourth-order valence-corrected chi connectivity index (χ4v) is 5.29. The minimum Gasteiger partial charge on any atom is -0.478 e. The number of carbonyl (C=O) groups is 1. The highest BCUT2D eigenvalue weighted by Gasteiger charge is 2.21. The molecule has 10 heteroatoms. The summed E-state index contributed by atoms with van der Waals surface area (Å²) in [6, 6.07) is 7.82. The van der Waals surface area contributed by atoms with Gasteiger partial charge in [0.15, 0.2) is 0 Å². The molecule has 1 heterocycles. The van der Waals surface area contributed by atoms with Gasteiger partial charge in [-0.05, 0) is 75.6 Å². The van der Waals surface area contributed by atoms with Crippen LogP contribution in [0.1, 0.15) is 39.8 Å². The number of nitrogens with one attached hydrogen (secondary N) is 1. The number of carboxylic acids is 1. The van der Waals surface area contributed by atoms with Crippen LogP contribution in [-0.4, -0.2) is 42.9 Å². The van der Waals surface area contributed by atoms with Crippen molar-refractivity contribution in [3.05, 3.63) is 70.3 Å². The SMILES string of the molecule is CCn1nc(C)c(CCN(C)c2ccc(NS(=O)(=O)c3cc(F)ccc3C)cc2C(=O)O)c1C. The number of halogens is 1. The van der Waals surface area contributed by atoms with Crippen LogP contribution in [0, 0.1) is 26.6 Å². The van der Waals surface area contributed by atoms with Gasteiger partial charge in [0, 0.05) is 31.5 Å². The van der Waals surface area contributed by atoms with Gasteiger partial charge in [0.2, 0.25) is 0 Å². The average molecular weight is 489 g/mol. The number of likely N-dealkylation sites (N-methyl/N-ethyl adjacent to an activating group) is 1. The van der Waals surface area contributed by atoms with Crippen LogP contribution in [0.5, 0.6) is 0 Å². The summed E-state index contributed by atoms with van der Waals surface area (Å²) in [6.07, 6.45) is 0.681. The van der Waals surface area contributed by atoms with Gasteiger partial charge >= 0.3 is 5.97 Å². The molecule has 0 bridgehead atoms. The largest absolute Gasteiger partial charge is 0.478 e. The molecule has 0 saturated heterocycles. The third kappa shape index (κ3) is 5.22. The lowest BCUT2D eigenvalue weighted by atomic mass is 10.1. The van der Waals surface area contributed by atoms with E-state index >= 15 is 0 Å². The first-order valence-electron chi connectivity index (χ1n) is 10.8. The molecule has 2 aromatic carbocycles. The first-order valence-corrected chi connectivity index (χ1v) is 12.3. The van der Waals surface area contributed by atoms with E-state index in [1.807, 2.05) is 30.4 Å². The summed E-state index contributed by atoms with van der Waals surface area (Å²) < 4.78 is 43.5. The van der Waals surface area contributed by atoms with Gasteiger partial charge < -0.3 is 10.0 Å². The fourth-order valence-electron chi connectivity index (χ4n) is 3.98. The number of aromatic carboxylic acids is 1. The minimum absolute atomic E-state index is 0.0450. The maximum atomic E-state index is 13.6. The topological polar surface area (TPSA) is 105 Å². The Hall–Kier alpha value is -3.40. The van der Waals surface area contributed by atoms with Gasteiger partial charge in [-0.3, -0.25) is 9.40 Å². The summed E-state index contributed by atoms with van der Waals surface area (Å²) in [5, 5.41) is 14.3. The molecular formula is C24H29FN4O4S. The van der Waals surface area contributed by atoms with Crippen LogP contribution in [0.3, 0.4) is 0 Å². The Kier molecular flexibility index (Phi) is 7.30. The van der Waals surface area contributed by atoms with Gasteiger partial charge in [-0.2, -0.15) is 5.10 Å². The van der Waals surface area contributed by atoms with Crippen molar-refractivity contribution in [2.24, 2.45) is 0 Å². The molecule has 0 aliphatic carbocycles. The second-order valence-electron chi connectivity index (χ2n) is 8.19. The van der Waals surface area contributed by atoms with Crippen LogP contribution >= 0.6 is 0 Å². The summed E-state index contributed by atoms with van der Waals surface area (Å²) in [4.78, 5) is 13.6. The van der Waals surface area contributed by atoms with E-state index < -0.39 is 21.8 Å². The Morgan fingerprint density at radius 3 is 2.50 bits per heavy atom. The van der Waals surface area contributed by atoms with Gasteiger partial charge in [-0.1, -0.05) is 6.07 Å². The lowest BCUT2D eigenvalue weighted by Gasteiger charge is -2.22. The van der Waals surface area contributed by atoms with E-state index in [1.54, 1.807) is 20.0 Å². The number of rotatable bonds is 9. The number of hydrogen-bond donors (Lipinski definition) is 2. The summed E-state index contributed by atoms with van der Waals surface area (Å²) in [6.45, 7) is 8.88. The number of anilines is 2. The molecule has 0 fully saturated rings. The van der Waals surface area contributed by atoms with E-state index in [0.29, 0.717) is 24.2 Å². The number of benzene rings is 2. The second-order valence-corrected chi connectivity index (χ2v) is 9.84. The molecular weight excluding hydrogens is 459 g/mol. The molecule has 0 atom stereocenters. The molecule has 0 unspecified atom stereocenters. The van der Waals surface area contributed by atoms with Crippen molar-refractivity contribution in [3.8, 4) is 0 Å². The molecule has 0 radical (unpaired) electrons. The molecule has 0 spiro atoms. The number of nitrogens with zero attached hydrogens (tertiary/aromatic N) is 3. The third-order valence-corrected chi connectivity index (χ3v) is 7.38. The Bertz CT molecular complexity index is 1330. The van der Waals surface area contributed by atoms with Gasteiger partial charge in [0.05, 0.1) is 21.8 Å². The van der Waals surface area contributed by atoms with Crippen LogP contribution in [0.2, 0.25) is 0 Å². The minimum atomic E-state index is -4.10. The highest BCUT2D eigenvalue weighted by Crippen LogP contribution is 2.27. The molecule has 8 nitrogen and oxygen atoms in total. The maximum absolute atomic E-state index is 13.6. The lowest BCUT2D eigenvalue weighted by molar-refractivity contribution is 0.0697. The number of sulfonamides is 1. The fraction of sp³-hybridized carbons (Fsp3) is 0.333. The predicted molar refractivity (Wildman–Crippen MR) is 130 cm³/mol. The van der Waals surface area contributed by atoms with Crippen LogP contribution in [0.15, 0.2) is 41.3 Å². The lowest BCUT2D eigenvalue weighted by Crippen LogP contribution is -2.23. The monoisotopic (exact) mass is 488 g/mol. The second kappa shape index (κ2) is 9.84. The molecule has 34 heavy (non-hydrogen) atoms. The Morgan fingerprint density at radius 1 is 1.18 bits per heavy atom. The zero-order chi connectivity index (χ0) is 25.2. The van der Waals surface area contributed by atoms with Crippen molar-refractivity contribution < 1.29 is 22.7 Å². The van der Waals surface area contributed by atoms with Crippen LogP contribution in [-0.2, 0) is 23.0 Å². The molecule has 2 N–H and O–H groups in total. The first-order chi connectivity index (χ1) is 15.9. The van der Waals surface area contributed by atoms with E-state index in [9.17, 15) is 22.7 Å². The predicted octanol–water partition coefficient (Wildman–Crippen LogP) is 4.15. The zero-order valence-electron chi connectivity index (χ0n) is 19.9. The van der Waals surface area contributed by atoms with Gasteiger partial charge in [0.25, 0.3) is 10.0 Å². The molecule has 182 valence electrons. The Balaban J connectivity index is 1.85. The first kappa shape index (κ1) is 25.2.